The topological polar surface area (TPSA) is 66.9 Å². The summed E-state index contributed by atoms with van der Waals surface area (Å²) in [5.41, 5.74) is 1.07. The summed E-state index contributed by atoms with van der Waals surface area (Å²) in [6, 6.07) is 8.79. The van der Waals surface area contributed by atoms with Gasteiger partial charge in [0.1, 0.15) is 17.8 Å². The lowest BCUT2D eigenvalue weighted by Crippen LogP contribution is -2.24. The molecule has 0 atom stereocenters. The molecule has 102 valence electrons. The van der Waals surface area contributed by atoms with E-state index in [2.05, 4.69) is 27.2 Å². The van der Waals surface area contributed by atoms with Crippen molar-refractivity contribution >= 4 is 29.0 Å². The number of benzene rings is 1. The second kappa shape index (κ2) is 6.68. The molecule has 0 aliphatic rings. The molecule has 0 unspecified atom stereocenters. The Morgan fingerprint density at radius 2 is 2.20 bits per heavy atom. The molecule has 0 aliphatic carbocycles. The highest BCUT2D eigenvalue weighted by Crippen LogP contribution is 2.18. The van der Waals surface area contributed by atoms with Gasteiger partial charge in [-0.1, -0.05) is 23.7 Å². The molecule has 1 heterocycles. The van der Waals surface area contributed by atoms with Gasteiger partial charge in [0.25, 0.3) is 5.91 Å². The molecule has 0 saturated carbocycles. The number of halogens is 1. The predicted molar refractivity (Wildman–Crippen MR) is 79.3 cm³/mol. The molecule has 0 fully saturated rings. The molecule has 1 aromatic heterocycles. The van der Waals surface area contributed by atoms with Crippen molar-refractivity contribution in [3.8, 4) is 0 Å². The number of nitrogens with zero attached hydrogens (tertiary/aromatic N) is 2. The van der Waals surface area contributed by atoms with Gasteiger partial charge in [-0.3, -0.25) is 4.79 Å². The van der Waals surface area contributed by atoms with Gasteiger partial charge >= 0.3 is 0 Å². The highest BCUT2D eigenvalue weighted by Gasteiger charge is 2.07. The number of carbonyl (C=O) groups is 1. The van der Waals surface area contributed by atoms with Crippen molar-refractivity contribution < 1.29 is 4.79 Å². The van der Waals surface area contributed by atoms with Crippen molar-refractivity contribution in [2.24, 2.45) is 0 Å². The Balaban J connectivity index is 2.13. The van der Waals surface area contributed by atoms with Crippen molar-refractivity contribution in [1.82, 2.24) is 15.3 Å². The Kier molecular flexibility index (Phi) is 4.68. The number of anilines is 2. The number of hydrogen-bond acceptors (Lipinski definition) is 4. The van der Waals surface area contributed by atoms with Gasteiger partial charge in [0, 0.05) is 23.3 Å². The number of aromatic nitrogens is 2. The second-order valence-electron chi connectivity index (χ2n) is 3.92. The zero-order valence-corrected chi connectivity index (χ0v) is 11.4. The molecular formula is C14H13ClN4O. The van der Waals surface area contributed by atoms with Crippen LogP contribution in [0.15, 0.2) is 49.3 Å². The lowest BCUT2D eigenvalue weighted by Gasteiger charge is -2.07. The molecule has 0 bridgehead atoms. The van der Waals surface area contributed by atoms with Crippen LogP contribution >= 0.6 is 11.6 Å². The van der Waals surface area contributed by atoms with Crippen LogP contribution in [0.2, 0.25) is 5.02 Å². The van der Waals surface area contributed by atoms with E-state index in [4.69, 9.17) is 11.6 Å². The summed E-state index contributed by atoms with van der Waals surface area (Å²) < 4.78 is 0. The van der Waals surface area contributed by atoms with Crippen LogP contribution in [0.4, 0.5) is 11.5 Å². The highest BCUT2D eigenvalue weighted by molar-refractivity contribution is 6.30. The molecule has 0 aliphatic heterocycles. The average Bonchev–Trinajstić information content (AvgIpc) is 2.45. The minimum absolute atomic E-state index is 0.276. The van der Waals surface area contributed by atoms with Gasteiger partial charge in [0.2, 0.25) is 0 Å². The molecule has 0 radical (unpaired) electrons. The number of nitrogens with one attached hydrogen (secondary N) is 2. The molecular weight excluding hydrogens is 276 g/mol. The van der Waals surface area contributed by atoms with Crippen molar-refractivity contribution in [3.05, 3.63) is 60.0 Å². The van der Waals surface area contributed by atoms with E-state index in [0.29, 0.717) is 17.4 Å². The van der Waals surface area contributed by atoms with Crippen LogP contribution in [0, 0.1) is 0 Å². The number of amides is 1. The predicted octanol–water partition coefficient (Wildman–Crippen LogP) is 2.79. The maximum absolute atomic E-state index is 11.8. The first kappa shape index (κ1) is 14.0. The van der Waals surface area contributed by atoms with E-state index >= 15 is 0 Å². The Bertz CT molecular complexity index is 630. The lowest BCUT2D eigenvalue weighted by molar-refractivity contribution is 0.0953. The maximum atomic E-state index is 11.8. The van der Waals surface area contributed by atoms with Crippen molar-refractivity contribution in [1.29, 1.82) is 0 Å². The summed E-state index contributed by atoms with van der Waals surface area (Å²) >= 11 is 5.90. The Morgan fingerprint density at radius 3 is 2.95 bits per heavy atom. The van der Waals surface area contributed by atoms with E-state index in [0.717, 1.165) is 5.69 Å². The summed E-state index contributed by atoms with van der Waals surface area (Å²) in [7, 11) is 0. The van der Waals surface area contributed by atoms with E-state index in [-0.39, 0.29) is 11.6 Å². The fourth-order valence-electron chi connectivity index (χ4n) is 1.52. The van der Waals surface area contributed by atoms with Crippen LogP contribution in [0.1, 0.15) is 10.5 Å². The van der Waals surface area contributed by atoms with Crippen LogP contribution in [0.3, 0.4) is 0 Å². The van der Waals surface area contributed by atoms with E-state index < -0.39 is 0 Å². The van der Waals surface area contributed by atoms with Crippen LogP contribution in [0.5, 0.6) is 0 Å². The largest absolute Gasteiger partial charge is 0.347 e. The fourth-order valence-corrected chi connectivity index (χ4v) is 1.71. The van der Waals surface area contributed by atoms with Gasteiger partial charge in [-0.25, -0.2) is 9.97 Å². The molecule has 2 aromatic rings. The average molecular weight is 289 g/mol. The molecule has 0 spiro atoms. The van der Waals surface area contributed by atoms with Gasteiger partial charge in [-0.2, -0.15) is 0 Å². The third-order valence-electron chi connectivity index (χ3n) is 2.40. The normalized spacial score (nSPS) is 9.85. The summed E-state index contributed by atoms with van der Waals surface area (Å²) in [5, 5.41) is 6.33. The molecule has 20 heavy (non-hydrogen) atoms. The number of rotatable bonds is 5. The fraction of sp³-hybridized carbons (Fsp3) is 0.0714. The molecule has 2 rings (SSSR count). The third kappa shape index (κ3) is 3.80. The first-order chi connectivity index (χ1) is 9.69. The minimum Gasteiger partial charge on any atom is -0.347 e. The van der Waals surface area contributed by atoms with Crippen LogP contribution in [-0.2, 0) is 0 Å². The molecule has 1 aromatic carbocycles. The van der Waals surface area contributed by atoms with Crippen molar-refractivity contribution in [3.63, 3.8) is 0 Å². The smallest absolute Gasteiger partial charge is 0.270 e. The van der Waals surface area contributed by atoms with Crippen LogP contribution in [0.25, 0.3) is 0 Å². The highest BCUT2D eigenvalue weighted by atomic mass is 35.5. The quantitative estimate of drug-likeness (QED) is 0.830. The first-order valence-electron chi connectivity index (χ1n) is 5.93. The van der Waals surface area contributed by atoms with Crippen LogP contribution < -0.4 is 10.6 Å². The summed E-state index contributed by atoms with van der Waals surface area (Å²) in [5.74, 6) is 0.243. The Morgan fingerprint density at radius 1 is 1.35 bits per heavy atom. The monoisotopic (exact) mass is 288 g/mol. The molecule has 6 heteroatoms. The van der Waals surface area contributed by atoms with Gasteiger partial charge in [-0.05, 0) is 18.2 Å². The van der Waals surface area contributed by atoms with Gasteiger partial charge in [-0.15, -0.1) is 6.58 Å². The summed E-state index contributed by atoms with van der Waals surface area (Å²) in [6.45, 7) is 3.92. The van der Waals surface area contributed by atoms with Crippen molar-refractivity contribution in [2.75, 3.05) is 11.9 Å². The van der Waals surface area contributed by atoms with Crippen molar-refractivity contribution in [2.45, 2.75) is 0 Å². The molecule has 2 N–H and O–H groups in total. The maximum Gasteiger partial charge on any atom is 0.270 e. The second-order valence-corrected chi connectivity index (χ2v) is 4.36. The Hall–Kier alpha value is -2.40. The van der Waals surface area contributed by atoms with E-state index in [9.17, 15) is 4.79 Å². The summed E-state index contributed by atoms with van der Waals surface area (Å²) in [4.78, 5) is 19.8. The minimum atomic E-state index is -0.276. The molecule has 1 amide bonds. The van der Waals surface area contributed by atoms with E-state index in [1.807, 2.05) is 12.1 Å². The van der Waals surface area contributed by atoms with Gasteiger partial charge < -0.3 is 10.6 Å². The lowest BCUT2D eigenvalue weighted by atomic mass is 10.3. The van der Waals surface area contributed by atoms with Gasteiger partial charge in [0.05, 0.1) is 0 Å². The van der Waals surface area contributed by atoms with Crippen LogP contribution in [-0.4, -0.2) is 22.4 Å². The molecule has 5 nitrogen and oxygen atoms in total. The summed E-state index contributed by atoms with van der Waals surface area (Å²) in [6.07, 6.45) is 2.93. The first-order valence-corrected chi connectivity index (χ1v) is 6.30. The van der Waals surface area contributed by atoms with Gasteiger partial charge in [0.15, 0.2) is 0 Å². The number of hydrogen-bond donors (Lipinski definition) is 2. The standard InChI is InChI=1S/C14H13ClN4O/c1-2-6-16-14(20)12-8-13(18-9-17-12)19-11-5-3-4-10(15)7-11/h2-5,7-9H,1,6H2,(H,16,20)(H,17,18,19). The zero-order chi connectivity index (χ0) is 14.4. The third-order valence-corrected chi connectivity index (χ3v) is 2.64. The molecule has 0 saturated heterocycles. The SMILES string of the molecule is C=CCNC(=O)c1cc(Nc2cccc(Cl)c2)ncn1. The van der Waals surface area contributed by atoms with E-state index in [1.54, 1.807) is 24.3 Å². The Labute approximate surface area is 121 Å². The number of carbonyl (C=O) groups excluding carboxylic acids is 1. The van der Waals surface area contributed by atoms with E-state index in [1.165, 1.54) is 6.33 Å². The zero-order valence-electron chi connectivity index (χ0n) is 10.6.